The first-order valence-electron chi connectivity index (χ1n) is 5.64. The summed E-state index contributed by atoms with van der Waals surface area (Å²) in [6.07, 6.45) is 2.07. The molecule has 0 saturated carbocycles. The van der Waals surface area contributed by atoms with Crippen LogP contribution in [-0.2, 0) is 9.53 Å². The second-order valence-corrected chi connectivity index (χ2v) is 4.99. The number of carbonyl (C=O) groups is 1. The van der Waals surface area contributed by atoms with Crippen LogP contribution in [0.3, 0.4) is 0 Å². The summed E-state index contributed by atoms with van der Waals surface area (Å²) in [6, 6.07) is 9.70. The number of aliphatic imine (C=N–C) groups is 1. The van der Waals surface area contributed by atoms with E-state index in [2.05, 4.69) is 4.99 Å². The Morgan fingerprint density at radius 2 is 2.18 bits per heavy atom. The summed E-state index contributed by atoms with van der Waals surface area (Å²) in [7, 11) is 1.43. The van der Waals surface area contributed by atoms with Gasteiger partial charge in [-0.2, -0.15) is 0 Å². The first-order chi connectivity index (χ1) is 8.31. The highest BCUT2D eigenvalue weighted by Crippen LogP contribution is 2.33. The Morgan fingerprint density at radius 1 is 1.41 bits per heavy atom. The predicted octanol–water partition coefficient (Wildman–Crippen LogP) is 2.83. The van der Waals surface area contributed by atoms with Crippen LogP contribution >= 0.6 is 11.8 Å². The highest BCUT2D eigenvalue weighted by molar-refractivity contribution is 8.14. The molecule has 1 atom stereocenters. The van der Waals surface area contributed by atoms with Crippen molar-refractivity contribution in [2.75, 3.05) is 13.7 Å². The molecule has 0 aromatic heterocycles. The van der Waals surface area contributed by atoms with Gasteiger partial charge in [0.05, 0.1) is 12.2 Å². The van der Waals surface area contributed by atoms with Gasteiger partial charge in [-0.15, -0.1) is 0 Å². The standard InChI is InChI=1S/C13H15NO2S/c1-16-13(15)12(10-6-3-2-4-7-10)17-11-8-5-9-14-11/h2-4,6-7,12H,5,8-9H2,1H3. The molecule has 4 heteroatoms. The van der Waals surface area contributed by atoms with Crippen molar-refractivity contribution in [3.05, 3.63) is 35.9 Å². The van der Waals surface area contributed by atoms with Crippen molar-refractivity contribution in [1.29, 1.82) is 0 Å². The lowest BCUT2D eigenvalue weighted by Gasteiger charge is -2.14. The topological polar surface area (TPSA) is 38.7 Å². The van der Waals surface area contributed by atoms with E-state index in [0.29, 0.717) is 0 Å². The molecule has 0 radical (unpaired) electrons. The van der Waals surface area contributed by atoms with Crippen LogP contribution in [0.15, 0.2) is 35.3 Å². The molecule has 0 fully saturated rings. The molecule has 0 spiro atoms. The van der Waals surface area contributed by atoms with Crippen LogP contribution in [0.25, 0.3) is 0 Å². The van der Waals surface area contributed by atoms with E-state index in [1.165, 1.54) is 18.9 Å². The van der Waals surface area contributed by atoms with Crippen LogP contribution < -0.4 is 0 Å². The fraction of sp³-hybridized carbons (Fsp3) is 0.385. The maximum Gasteiger partial charge on any atom is 0.323 e. The molecular weight excluding hydrogens is 234 g/mol. The van der Waals surface area contributed by atoms with Crippen molar-refractivity contribution in [2.45, 2.75) is 18.1 Å². The molecule has 0 bridgehead atoms. The summed E-state index contributed by atoms with van der Waals surface area (Å²) >= 11 is 1.51. The van der Waals surface area contributed by atoms with E-state index in [1.807, 2.05) is 30.3 Å². The number of rotatable bonds is 3. The minimum absolute atomic E-state index is 0.212. The van der Waals surface area contributed by atoms with Crippen LogP contribution in [0.4, 0.5) is 0 Å². The largest absolute Gasteiger partial charge is 0.468 e. The van der Waals surface area contributed by atoms with E-state index in [0.717, 1.165) is 30.0 Å². The summed E-state index contributed by atoms with van der Waals surface area (Å²) < 4.78 is 4.86. The molecule has 2 rings (SSSR count). The first kappa shape index (κ1) is 12.2. The molecule has 1 heterocycles. The van der Waals surface area contributed by atoms with E-state index >= 15 is 0 Å². The monoisotopic (exact) mass is 249 g/mol. The fourth-order valence-corrected chi connectivity index (χ4v) is 2.92. The number of esters is 1. The van der Waals surface area contributed by atoms with Crippen molar-refractivity contribution in [3.63, 3.8) is 0 Å². The zero-order valence-electron chi connectivity index (χ0n) is 9.76. The van der Waals surface area contributed by atoms with Gasteiger partial charge < -0.3 is 4.74 Å². The molecule has 3 nitrogen and oxygen atoms in total. The maximum absolute atomic E-state index is 11.8. The number of ether oxygens (including phenoxy) is 1. The van der Waals surface area contributed by atoms with Crippen LogP contribution in [-0.4, -0.2) is 24.7 Å². The molecule has 1 aromatic carbocycles. The van der Waals surface area contributed by atoms with Gasteiger partial charge in [0.15, 0.2) is 0 Å². The molecule has 0 aliphatic carbocycles. The Hall–Kier alpha value is -1.29. The number of carbonyl (C=O) groups excluding carboxylic acids is 1. The highest BCUT2D eigenvalue weighted by Gasteiger charge is 2.24. The Labute approximate surface area is 105 Å². The molecule has 1 aromatic rings. The lowest BCUT2D eigenvalue weighted by Crippen LogP contribution is -2.12. The maximum atomic E-state index is 11.8. The summed E-state index contributed by atoms with van der Waals surface area (Å²) in [5, 5.41) is 0.766. The third-order valence-electron chi connectivity index (χ3n) is 2.61. The number of hydrogen-bond donors (Lipinski definition) is 0. The lowest BCUT2D eigenvalue weighted by molar-refractivity contribution is -0.140. The summed E-state index contributed by atoms with van der Waals surface area (Å²) in [5.41, 5.74) is 0.971. The Balaban J connectivity index is 2.16. The van der Waals surface area contributed by atoms with E-state index in [4.69, 9.17) is 4.74 Å². The lowest BCUT2D eigenvalue weighted by atomic mass is 10.1. The summed E-state index contributed by atoms with van der Waals surface area (Å²) in [4.78, 5) is 16.2. The zero-order chi connectivity index (χ0) is 12.1. The van der Waals surface area contributed by atoms with Gasteiger partial charge in [-0.25, -0.2) is 0 Å². The Bertz CT molecular complexity index is 417. The third kappa shape index (κ3) is 3.09. The predicted molar refractivity (Wildman–Crippen MR) is 70.3 cm³/mol. The second kappa shape index (κ2) is 5.87. The highest BCUT2D eigenvalue weighted by atomic mass is 32.2. The van der Waals surface area contributed by atoms with Gasteiger partial charge in [0.25, 0.3) is 0 Å². The second-order valence-electron chi connectivity index (χ2n) is 3.81. The van der Waals surface area contributed by atoms with Gasteiger partial charge in [0, 0.05) is 6.54 Å². The number of methoxy groups -OCH3 is 1. The summed E-state index contributed by atoms with van der Waals surface area (Å²) in [5.74, 6) is -0.212. The van der Waals surface area contributed by atoms with Gasteiger partial charge in [-0.05, 0) is 18.4 Å². The van der Waals surface area contributed by atoms with Gasteiger partial charge in [-0.3, -0.25) is 9.79 Å². The van der Waals surface area contributed by atoms with Crippen molar-refractivity contribution >= 4 is 22.8 Å². The number of hydrogen-bond acceptors (Lipinski definition) is 4. The van der Waals surface area contributed by atoms with E-state index < -0.39 is 0 Å². The van der Waals surface area contributed by atoms with Crippen LogP contribution in [0, 0.1) is 0 Å². The van der Waals surface area contributed by atoms with Crippen LogP contribution in [0.5, 0.6) is 0 Å². The molecule has 90 valence electrons. The fourth-order valence-electron chi connectivity index (χ4n) is 1.73. The molecule has 0 saturated heterocycles. The van der Waals surface area contributed by atoms with E-state index in [-0.39, 0.29) is 11.2 Å². The van der Waals surface area contributed by atoms with Crippen molar-refractivity contribution in [1.82, 2.24) is 0 Å². The van der Waals surface area contributed by atoms with Gasteiger partial charge in [0.1, 0.15) is 5.25 Å². The minimum Gasteiger partial charge on any atom is -0.468 e. The molecule has 1 aliphatic rings. The van der Waals surface area contributed by atoms with Gasteiger partial charge >= 0.3 is 5.97 Å². The normalized spacial score (nSPS) is 16.4. The van der Waals surface area contributed by atoms with E-state index in [9.17, 15) is 4.79 Å². The average molecular weight is 249 g/mol. The number of thioether (sulfide) groups is 1. The van der Waals surface area contributed by atoms with Gasteiger partial charge in [-0.1, -0.05) is 42.1 Å². The van der Waals surface area contributed by atoms with Crippen LogP contribution in [0.2, 0.25) is 0 Å². The quantitative estimate of drug-likeness (QED) is 0.773. The number of benzene rings is 1. The van der Waals surface area contributed by atoms with Crippen molar-refractivity contribution < 1.29 is 9.53 Å². The molecule has 0 amide bonds. The molecule has 17 heavy (non-hydrogen) atoms. The molecule has 0 N–H and O–H groups in total. The Morgan fingerprint density at radius 3 is 2.76 bits per heavy atom. The van der Waals surface area contributed by atoms with Gasteiger partial charge in [0.2, 0.25) is 0 Å². The average Bonchev–Trinajstić information content (AvgIpc) is 2.89. The molecule has 1 aliphatic heterocycles. The third-order valence-corrected chi connectivity index (χ3v) is 3.91. The number of nitrogens with zero attached hydrogens (tertiary/aromatic N) is 1. The summed E-state index contributed by atoms with van der Waals surface area (Å²) in [6.45, 7) is 0.880. The molecular formula is C13H15NO2S. The van der Waals surface area contributed by atoms with E-state index in [1.54, 1.807) is 0 Å². The SMILES string of the molecule is COC(=O)C(SC1=NCCC1)c1ccccc1. The first-order valence-corrected chi connectivity index (χ1v) is 6.52. The van der Waals surface area contributed by atoms with Crippen molar-refractivity contribution in [3.8, 4) is 0 Å². The molecule has 1 unspecified atom stereocenters. The smallest absolute Gasteiger partial charge is 0.323 e. The van der Waals surface area contributed by atoms with Crippen LogP contribution in [0.1, 0.15) is 23.7 Å². The minimum atomic E-state index is -0.293. The van der Waals surface area contributed by atoms with Crippen molar-refractivity contribution in [2.24, 2.45) is 4.99 Å². The zero-order valence-corrected chi connectivity index (χ0v) is 10.6. The Kier molecular flexibility index (Phi) is 4.20.